The van der Waals surface area contributed by atoms with E-state index in [0.29, 0.717) is 5.75 Å². The monoisotopic (exact) mass is 330 g/mol. The molecule has 102 valence electrons. The second kappa shape index (κ2) is 6.97. The topological polar surface area (TPSA) is 45.0 Å². The molecule has 0 fully saturated rings. The molecule has 0 saturated carbocycles. The molecule has 0 aliphatic rings. The van der Waals surface area contributed by atoms with Gasteiger partial charge in [-0.25, -0.2) is 0 Å². The van der Waals surface area contributed by atoms with Gasteiger partial charge in [-0.15, -0.1) is 0 Å². The van der Waals surface area contributed by atoms with E-state index >= 15 is 0 Å². The molecule has 20 heavy (non-hydrogen) atoms. The summed E-state index contributed by atoms with van der Waals surface area (Å²) >= 11 is 3.57. The van der Waals surface area contributed by atoms with Gasteiger partial charge in [0.2, 0.25) is 0 Å². The number of nitrogens with one attached hydrogen (secondary N) is 1. The lowest BCUT2D eigenvalue weighted by molar-refractivity contribution is 0.368. The number of nitriles is 1. The molecule has 4 heteroatoms. The molecule has 0 unspecified atom stereocenters. The molecule has 0 spiro atoms. The van der Waals surface area contributed by atoms with Crippen molar-refractivity contribution in [1.82, 2.24) is 0 Å². The number of halogens is 1. The number of hydrogen-bond acceptors (Lipinski definition) is 3. The van der Waals surface area contributed by atoms with Gasteiger partial charge in [-0.3, -0.25) is 0 Å². The maximum absolute atomic E-state index is 8.51. The van der Waals surface area contributed by atoms with Crippen molar-refractivity contribution in [2.24, 2.45) is 0 Å². The van der Waals surface area contributed by atoms with Gasteiger partial charge in [0, 0.05) is 22.8 Å². The predicted octanol–water partition coefficient (Wildman–Crippen LogP) is 4.27. The molecule has 0 aliphatic carbocycles. The summed E-state index contributed by atoms with van der Waals surface area (Å²) in [5.41, 5.74) is 3.39. The van der Waals surface area contributed by atoms with Crippen LogP contribution in [0.1, 0.15) is 11.1 Å². The Bertz CT molecular complexity index is 635. The zero-order valence-corrected chi connectivity index (χ0v) is 12.8. The van der Waals surface area contributed by atoms with Gasteiger partial charge < -0.3 is 10.1 Å². The number of hydrogen-bond donors (Lipinski definition) is 1. The van der Waals surface area contributed by atoms with Gasteiger partial charge in [0.1, 0.15) is 11.8 Å². The van der Waals surface area contributed by atoms with E-state index in [1.165, 1.54) is 11.1 Å². The molecule has 0 aliphatic heterocycles. The summed E-state index contributed by atoms with van der Waals surface area (Å²) in [7, 11) is 0. The lowest BCUT2D eigenvalue weighted by atomic mass is 10.1. The van der Waals surface area contributed by atoms with E-state index in [0.717, 1.165) is 16.7 Å². The average molecular weight is 331 g/mol. The van der Waals surface area contributed by atoms with Crippen LogP contribution in [-0.4, -0.2) is 6.61 Å². The summed E-state index contributed by atoms with van der Waals surface area (Å²) in [6.45, 7) is 2.85. The molecule has 0 bridgehead atoms. The van der Waals surface area contributed by atoms with E-state index in [9.17, 15) is 0 Å². The smallest absolute Gasteiger partial charge is 0.174 e. The van der Waals surface area contributed by atoms with Gasteiger partial charge in [0.15, 0.2) is 6.61 Å². The van der Waals surface area contributed by atoms with Crippen LogP contribution in [0, 0.1) is 18.3 Å². The van der Waals surface area contributed by atoms with Crippen molar-refractivity contribution in [3.8, 4) is 11.8 Å². The predicted molar refractivity (Wildman–Crippen MR) is 83.8 cm³/mol. The molecule has 0 aromatic heterocycles. The van der Waals surface area contributed by atoms with E-state index in [4.69, 9.17) is 10.00 Å². The molecule has 0 amide bonds. The second-order valence-corrected chi connectivity index (χ2v) is 5.28. The fourth-order valence-electron chi connectivity index (χ4n) is 1.80. The van der Waals surface area contributed by atoms with Crippen molar-refractivity contribution in [2.45, 2.75) is 13.5 Å². The summed E-state index contributed by atoms with van der Waals surface area (Å²) in [4.78, 5) is 0. The Balaban J connectivity index is 2.01. The van der Waals surface area contributed by atoms with Crippen LogP contribution in [0.15, 0.2) is 46.9 Å². The standard InChI is InChI=1S/C16H15BrN2O/c1-12-5-6-13(16(17)9-12)11-19-14-3-2-4-15(10-14)20-8-7-18/h2-6,9-10,19H,8,11H2,1H3. The van der Waals surface area contributed by atoms with Crippen LogP contribution in [0.4, 0.5) is 5.69 Å². The Hall–Kier alpha value is -1.99. The van der Waals surface area contributed by atoms with Crippen LogP contribution in [0.2, 0.25) is 0 Å². The molecule has 1 N–H and O–H groups in total. The third-order valence-corrected chi connectivity index (χ3v) is 3.57. The number of benzene rings is 2. The molecule has 0 saturated heterocycles. The maximum Gasteiger partial charge on any atom is 0.174 e. The van der Waals surface area contributed by atoms with E-state index in [1.54, 1.807) is 0 Å². The minimum absolute atomic E-state index is 0.0625. The van der Waals surface area contributed by atoms with Crippen LogP contribution >= 0.6 is 15.9 Å². The van der Waals surface area contributed by atoms with Gasteiger partial charge >= 0.3 is 0 Å². The highest BCUT2D eigenvalue weighted by atomic mass is 79.9. The lowest BCUT2D eigenvalue weighted by Crippen LogP contribution is -2.01. The Morgan fingerprint density at radius 3 is 2.85 bits per heavy atom. The highest BCUT2D eigenvalue weighted by Gasteiger charge is 2.01. The normalized spacial score (nSPS) is 9.85. The third kappa shape index (κ3) is 4.01. The molecule has 2 aromatic carbocycles. The quantitative estimate of drug-likeness (QED) is 0.890. The number of rotatable bonds is 5. The first kappa shape index (κ1) is 14.4. The van der Waals surface area contributed by atoms with Gasteiger partial charge in [-0.1, -0.05) is 34.1 Å². The third-order valence-electron chi connectivity index (χ3n) is 2.83. The van der Waals surface area contributed by atoms with Gasteiger partial charge in [-0.2, -0.15) is 5.26 Å². The highest BCUT2D eigenvalue weighted by molar-refractivity contribution is 9.10. The molecular weight excluding hydrogens is 316 g/mol. The number of ether oxygens (including phenoxy) is 1. The summed E-state index contributed by atoms with van der Waals surface area (Å²) in [5, 5.41) is 11.9. The average Bonchev–Trinajstić information content (AvgIpc) is 2.45. The first-order chi connectivity index (χ1) is 9.69. The van der Waals surface area contributed by atoms with Gasteiger partial charge in [0.05, 0.1) is 0 Å². The minimum Gasteiger partial charge on any atom is -0.479 e. The molecule has 0 atom stereocenters. The van der Waals surface area contributed by atoms with Crippen LogP contribution in [-0.2, 0) is 6.54 Å². The van der Waals surface area contributed by atoms with Crippen molar-refractivity contribution in [2.75, 3.05) is 11.9 Å². The Morgan fingerprint density at radius 1 is 1.25 bits per heavy atom. The van der Waals surface area contributed by atoms with Gasteiger partial charge in [-0.05, 0) is 36.2 Å². The summed E-state index contributed by atoms with van der Waals surface area (Å²) in [6, 6.07) is 15.9. The van der Waals surface area contributed by atoms with E-state index < -0.39 is 0 Å². The van der Waals surface area contributed by atoms with Crippen molar-refractivity contribution in [1.29, 1.82) is 5.26 Å². The van der Waals surface area contributed by atoms with E-state index in [1.807, 2.05) is 30.3 Å². The van der Waals surface area contributed by atoms with E-state index in [-0.39, 0.29) is 6.61 Å². The van der Waals surface area contributed by atoms with Gasteiger partial charge in [0.25, 0.3) is 0 Å². The highest BCUT2D eigenvalue weighted by Crippen LogP contribution is 2.21. The molecule has 2 aromatic rings. The number of nitrogens with zero attached hydrogens (tertiary/aromatic N) is 1. The second-order valence-electron chi connectivity index (χ2n) is 4.42. The first-order valence-corrected chi connectivity index (χ1v) is 7.07. The summed E-state index contributed by atoms with van der Waals surface area (Å²) < 4.78 is 6.38. The maximum atomic E-state index is 8.51. The van der Waals surface area contributed by atoms with Crippen LogP contribution in [0.5, 0.6) is 5.75 Å². The minimum atomic E-state index is 0.0625. The zero-order valence-electron chi connectivity index (χ0n) is 11.2. The molecular formula is C16H15BrN2O. The number of anilines is 1. The Morgan fingerprint density at radius 2 is 2.10 bits per heavy atom. The largest absolute Gasteiger partial charge is 0.479 e. The van der Waals surface area contributed by atoms with Crippen molar-refractivity contribution >= 4 is 21.6 Å². The fraction of sp³-hybridized carbons (Fsp3) is 0.188. The SMILES string of the molecule is Cc1ccc(CNc2cccc(OCC#N)c2)c(Br)c1. The fourth-order valence-corrected chi connectivity index (χ4v) is 2.44. The molecule has 2 rings (SSSR count). The zero-order chi connectivity index (χ0) is 14.4. The summed E-state index contributed by atoms with van der Waals surface area (Å²) in [6.07, 6.45) is 0. The first-order valence-electron chi connectivity index (χ1n) is 6.28. The molecule has 3 nitrogen and oxygen atoms in total. The van der Waals surface area contributed by atoms with Crippen molar-refractivity contribution in [3.63, 3.8) is 0 Å². The van der Waals surface area contributed by atoms with Crippen molar-refractivity contribution < 1.29 is 4.74 Å². The van der Waals surface area contributed by atoms with E-state index in [2.05, 4.69) is 46.4 Å². The Labute approximate surface area is 127 Å². The van der Waals surface area contributed by atoms with Crippen LogP contribution < -0.4 is 10.1 Å². The molecule has 0 radical (unpaired) electrons. The van der Waals surface area contributed by atoms with Crippen molar-refractivity contribution in [3.05, 3.63) is 58.1 Å². The number of aryl methyl sites for hydroxylation is 1. The molecule has 0 heterocycles. The van der Waals surface area contributed by atoms with Crippen LogP contribution in [0.25, 0.3) is 0 Å². The Kier molecular flexibility index (Phi) is 5.03. The van der Waals surface area contributed by atoms with Crippen LogP contribution in [0.3, 0.4) is 0 Å². The summed E-state index contributed by atoms with van der Waals surface area (Å²) in [5.74, 6) is 0.694. The lowest BCUT2D eigenvalue weighted by Gasteiger charge is -2.10.